The summed E-state index contributed by atoms with van der Waals surface area (Å²) in [4.78, 5) is 12.3. The summed E-state index contributed by atoms with van der Waals surface area (Å²) < 4.78 is 11.0. The van der Waals surface area contributed by atoms with Crippen molar-refractivity contribution in [2.75, 3.05) is 0 Å². The van der Waals surface area contributed by atoms with Crippen LogP contribution in [0.4, 0.5) is 0 Å². The van der Waals surface area contributed by atoms with E-state index in [0.29, 0.717) is 5.75 Å². The summed E-state index contributed by atoms with van der Waals surface area (Å²) in [5.41, 5.74) is 2.76. The number of benzene rings is 3. The molecule has 1 aromatic heterocycles. The maximum absolute atomic E-state index is 12.3. The Morgan fingerprint density at radius 3 is 2.62 bits per heavy atom. The molecule has 0 radical (unpaired) electrons. The van der Waals surface area contributed by atoms with Gasteiger partial charge in [0.2, 0.25) is 0 Å². The molecular formula is C21H16O3. The molecule has 3 nitrogen and oxygen atoms in total. The molecule has 0 unspecified atom stereocenters. The van der Waals surface area contributed by atoms with E-state index in [1.165, 1.54) is 0 Å². The van der Waals surface area contributed by atoms with Crippen molar-refractivity contribution in [3.05, 3.63) is 78.1 Å². The molecule has 4 aromatic rings. The highest BCUT2D eigenvalue weighted by atomic mass is 16.5. The lowest BCUT2D eigenvalue weighted by atomic mass is 10.0. The van der Waals surface area contributed by atoms with E-state index in [2.05, 4.69) is 6.07 Å². The summed E-state index contributed by atoms with van der Waals surface area (Å²) >= 11 is 0. The van der Waals surface area contributed by atoms with Gasteiger partial charge >= 0.3 is 5.97 Å². The summed E-state index contributed by atoms with van der Waals surface area (Å²) in [6.07, 6.45) is 1.82. The molecule has 0 atom stereocenters. The smallest absolute Gasteiger partial charge is 0.315 e. The first-order chi connectivity index (χ1) is 11.7. The van der Waals surface area contributed by atoms with Crippen molar-refractivity contribution in [1.82, 2.24) is 0 Å². The maximum Gasteiger partial charge on any atom is 0.315 e. The van der Waals surface area contributed by atoms with Gasteiger partial charge in [-0.15, -0.1) is 0 Å². The first-order valence-corrected chi connectivity index (χ1v) is 7.86. The molecule has 24 heavy (non-hydrogen) atoms. The second-order valence-corrected chi connectivity index (χ2v) is 5.88. The minimum Gasteiger partial charge on any atom is -0.464 e. The number of hydrogen-bond acceptors (Lipinski definition) is 3. The number of carbonyl (C=O) groups is 1. The first-order valence-electron chi connectivity index (χ1n) is 7.86. The fraction of sp³-hybridized carbons (Fsp3) is 0.0952. The molecule has 0 amide bonds. The molecular weight excluding hydrogens is 300 g/mol. The van der Waals surface area contributed by atoms with E-state index in [1.54, 1.807) is 18.4 Å². The zero-order valence-electron chi connectivity index (χ0n) is 13.3. The molecule has 0 spiro atoms. The van der Waals surface area contributed by atoms with Gasteiger partial charge in [0.15, 0.2) is 0 Å². The van der Waals surface area contributed by atoms with Crippen molar-refractivity contribution in [2.24, 2.45) is 0 Å². The van der Waals surface area contributed by atoms with Crippen molar-refractivity contribution in [1.29, 1.82) is 0 Å². The second-order valence-electron chi connectivity index (χ2n) is 5.88. The average molecular weight is 316 g/mol. The maximum atomic E-state index is 12.3. The van der Waals surface area contributed by atoms with E-state index < -0.39 is 0 Å². The van der Waals surface area contributed by atoms with Crippen LogP contribution in [0, 0.1) is 6.92 Å². The zero-order valence-corrected chi connectivity index (χ0v) is 13.3. The SMILES string of the molecule is Cc1ccc(OC(=O)Cc2coc3ccc4ccccc4c23)cc1. The summed E-state index contributed by atoms with van der Waals surface area (Å²) in [5, 5.41) is 3.19. The Labute approximate surface area is 139 Å². The van der Waals surface area contributed by atoms with E-state index in [1.807, 2.05) is 49.4 Å². The van der Waals surface area contributed by atoms with Gasteiger partial charge < -0.3 is 9.15 Å². The largest absolute Gasteiger partial charge is 0.464 e. The lowest BCUT2D eigenvalue weighted by Gasteiger charge is -2.05. The molecule has 118 valence electrons. The zero-order chi connectivity index (χ0) is 16.5. The first kappa shape index (κ1) is 14.5. The van der Waals surface area contributed by atoms with Crippen LogP contribution < -0.4 is 4.74 Å². The van der Waals surface area contributed by atoms with Gasteiger partial charge in [0, 0.05) is 10.9 Å². The van der Waals surface area contributed by atoms with Crippen molar-refractivity contribution in [3.63, 3.8) is 0 Å². The van der Waals surface area contributed by atoms with E-state index in [-0.39, 0.29) is 12.4 Å². The van der Waals surface area contributed by atoms with Crippen LogP contribution in [0.3, 0.4) is 0 Å². The molecule has 1 heterocycles. The Balaban J connectivity index is 1.65. The Bertz CT molecular complexity index is 1030. The molecule has 0 N–H and O–H groups in total. The van der Waals surface area contributed by atoms with Gasteiger partial charge in [-0.05, 0) is 35.9 Å². The molecule has 0 saturated carbocycles. The fourth-order valence-electron chi connectivity index (χ4n) is 2.93. The van der Waals surface area contributed by atoms with E-state index in [4.69, 9.17) is 9.15 Å². The lowest BCUT2D eigenvalue weighted by Crippen LogP contribution is -2.10. The van der Waals surface area contributed by atoms with Gasteiger partial charge in [0.25, 0.3) is 0 Å². The number of esters is 1. The predicted octanol–water partition coefficient (Wildman–Crippen LogP) is 5.04. The number of furan rings is 1. The van der Waals surface area contributed by atoms with E-state index >= 15 is 0 Å². The van der Waals surface area contributed by atoms with Crippen LogP contribution in [0.15, 0.2) is 71.3 Å². The molecule has 0 aliphatic carbocycles. The van der Waals surface area contributed by atoms with Crippen molar-refractivity contribution in [3.8, 4) is 5.75 Å². The monoisotopic (exact) mass is 316 g/mol. The van der Waals surface area contributed by atoms with Gasteiger partial charge in [0.1, 0.15) is 11.3 Å². The Morgan fingerprint density at radius 2 is 1.79 bits per heavy atom. The van der Waals surface area contributed by atoms with E-state index in [9.17, 15) is 4.79 Å². The molecule has 0 aliphatic rings. The van der Waals surface area contributed by atoms with Crippen LogP contribution in [0.2, 0.25) is 0 Å². The lowest BCUT2D eigenvalue weighted by molar-refractivity contribution is -0.133. The Morgan fingerprint density at radius 1 is 1.00 bits per heavy atom. The molecule has 4 rings (SSSR count). The standard InChI is InChI=1S/C21H16O3/c1-14-6-9-17(10-7-14)24-20(22)12-16-13-23-19-11-8-15-4-2-3-5-18(15)21(16)19/h2-11,13H,12H2,1H3. The van der Waals surface area contributed by atoms with Gasteiger partial charge in [-0.25, -0.2) is 0 Å². The molecule has 3 aromatic carbocycles. The molecule has 3 heteroatoms. The van der Waals surface area contributed by atoms with Gasteiger partial charge in [0.05, 0.1) is 12.7 Å². The number of aryl methyl sites for hydroxylation is 1. The number of carbonyl (C=O) groups excluding carboxylic acids is 1. The van der Waals surface area contributed by atoms with Gasteiger partial charge in [-0.3, -0.25) is 4.79 Å². The van der Waals surface area contributed by atoms with Crippen LogP contribution in [-0.4, -0.2) is 5.97 Å². The summed E-state index contributed by atoms with van der Waals surface area (Å²) in [5.74, 6) is 0.262. The van der Waals surface area contributed by atoms with Crippen molar-refractivity contribution < 1.29 is 13.9 Å². The molecule has 0 bridgehead atoms. The third-order valence-electron chi connectivity index (χ3n) is 4.13. The minimum absolute atomic E-state index is 0.175. The van der Waals surface area contributed by atoms with Crippen LogP contribution >= 0.6 is 0 Å². The van der Waals surface area contributed by atoms with E-state index in [0.717, 1.165) is 32.9 Å². The molecule has 0 aliphatic heterocycles. The predicted molar refractivity (Wildman–Crippen MR) is 94.2 cm³/mol. The van der Waals surface area contributed by atoms with Crippen LogP contribution in [0.1, 0.15) is 11.1 Å². The number of hydrogen-bond donors (Lipinski definition) is 0. The van der Waals surface area contributed by atoms with Gasteiger partial charge in [-0.1, -0.05) is 48.0 Å². The van der Waals surface area contributed by atoms with Crippen LogP contribution in [0.25, 0.3) is 21.7 Å². The number of fused-ring (bicyclic) bond motifs is 3. The second kappa shape index (κ2) is 5.85. The number of rotatable bonds is 3. The third-order valence-corrected chi connectivity index (χ3v) is 4.13. The normalized spacial score (nSPS) is 11.0. The summed E-state index contributed by atoms with van der Waals surface area (Å²) in [7, 11) is 0. The highest BCUT2D eigenvalue weighted by molar-refractivity contribution is 6.08. The summed E-state index contributed by atoms with van der Waals surface area (Å²) in [6.45, 7) is 1.99. The fourth-order valence-corrected chi connectivity index (χ4v) is 2.93. The van der Waals surface area contributed by atoms with Gasteiger partial charge in [-0.2, -0.15) is 0 Å². The average Bonchev–Trinajstić information content (AvgIpc) is 3.00. The topological polar surface area (TPSA) is 39.4 Å². The molecule has 0 fully saturated rings. The third kappa shape index (κ3) is 2.65. The Hall–Kier alpha value is -3.07. The van der Waals surface area contributed by atoms with Crippen LogP contribution in [-0.2, 0) is 11.2 Å². The molecule has 0 saturated heterocycles. The van der Waals surface area contributed by atoms with Crippen LogP contribution in [0.5, 0.6) is 5.75 Å². The minimum atomic E-state index is -0.297. The highest BCUT2D eigenvalue weighted by Gasteiger charge is 2.14. The summed E-state index contributed by atoms with van der Waals surface area (Å²) in [6, 6.07) is 19.5. The highest BCUT2D eigenvalue weighted by Crippen LogP contribution is 2.30. The number of ether oxygens (including phenoxy) is 1. The van der Waals surface area contributed by atoms with Crippen molar-refractivity contribution >= 4 is 27.7 Å². The quantitative estimate of drug-likeness (QED) is 0.392. The van der Waals surface area contributed by atoms with Crippen molar-refractivity contribution in [2.45, 2.75) is 13.3 Å². The Kier molecular flexibility index (Phi) is 3.54.